The van der Waals surface area contributed by atoms with E-state index in [1.165, 1.54) is 16.9 Å². The lowest BCUT2D eigenvalue weighted by Crippen LogP contribution is -2.41. The molecule has 1 aliphatic rings. The van der Waals surface area contributed by atoms with Crippen molar-refractivity contribution in [3.8, 4) is 11.5 Å². The minimum Gasteiger partial charge on any atom is -0.490 e. The summed E-state index contributed by atoms with van der Waals surface area (Å²) < 4.78 is 37.0. The van der Waals surface area contributed by atoms with Crippen LogP contribution in [-0.2, 0) is 16.6 Å². The Morgan fingerprint density at radius 1 is 1.05 bits per heavy atom. The number of pyridine rings is 1. The second-order valence-corrected chi connectivity index (χ2v) is 11.2. The van der Waals surface area contributed by atoms with E-state index in [-0.39, 0.29) is 6.10 Å². The molecule has 0 bridgehead atoms. The summed E-state index contributed by atoms with van der Waals surface area (Å²) in [5.41, 5.74) is 2.32. The van der Waals surface area contributed by atoms with Crippen LogP contribution < -0.4 is 14.8 Å². The lowest BCUT2D eigenvalue weighted by Gasteiger charge is -2.30. The molecule has 0 aliphatic carbocycles. The molecule has 1 saturated heterocycles. The summed E-state index contributed by atoms with van der Waals surface area (Å²) in [5, 5.41) is 4.56. The Labute approximate surface area is 220 Å². The SMILES string of the molecule is CS(=O)(=O)N1CCC(Oc2ccc3ncnc(Nc4ccc(OCc5ccccn5)c(Cl)c4)c3c2)CC1. The molecule has 0 radical (unpaired) electrons. The van der Waals surface area contributed by atoms with E-state index in [1.54, 1.807) is 18.3 Å². The first-order valence-corrected chi connectivity index (χ1v) is 14.0. The quantitative estimate of drug-likeness (QED) is 0.340. The molecule has 1 fully saturated rings. The number of ether oxygens (including phenoxy) is 2. The number of halogens is 1. The van der Waals surface area contributed by atoms with E-state index in [9.17, 15) is 8.42 Å². The molecule has 2 aromatic heterocycles. The molecule has 0 atom stereocenters. The maximum atomic E-state index is 11.8. The first kappa shape index (κ1) is 25.2. The van der Waals surface area contributed by atoms with Gasteiger partial charge in [-0.05, 0) is 61.4 Å². The van der Waals surface area contributed by atoms with Crippen LogP contribution in [0.15, 0.2) is 67.1 Å². The van der Waals surface area contributed by atoms with Crippen molar-refractivity contribution in [3.05, 3.63) is 77.8 Å². The van der Waals surface area contributed by atoms with Crippen LogP contribution in [0.2, 0.25) is 5.02 Å². The molecule has 1 aliphatic heterocycles. The van der Waals surface area contributed by atoms with Crippen molar-refractivity contribution in [3.63, 3.8) is 0 Å². The Kier molecular flexibility index (Phi) is 7.40. The number of sulfonamides is 1. The fourth-order valence-corrected chi connectivity index (χ4v) is 5.26. The van der Waals surface area contributed by atoms with Gasteiger partial charge in [0.2, 0.25) is 10.0 Å². The van der Waals surface area contributed by atoms with E-state index in [0.717, 1.165) is 22.3 Å². The molecule has 192 valence electrons. The molecular weight excluding hydrogens is 514 g/mol. The highest BCUT2D eigenvalue weighted by Gasteiger charge is 2.26. The number of hydrogen-bond acceptors (Lipinski definition) is 8. The molecular formula is C26H26ClN5O4S. The first-order chi connectivity index (χ1) is 17.8. The summed E-state index contributed by atoms with van der Waals surface area (Å²) in [6, 6.07) is 16.7. The molecule has 9 nitrogen and oxygen atoms in total. The number of benzene rings is 2. The summed E-state index contributed by atoms with van der Waals surface area (Å²) in [7, 11) is -3.18. The zero-order valence-electron chi connectivity index (χ0n) is 20.2. The average Bonchev–Trinajstić information content (AvgIpc) is 2.89. The van der Waals surface area contributed by atoms with Gasteiger partial charge in [-0.1, -0.05) is 17.7 Å². The molecule has 3 heterocycles. The predicted molar refractivity (Wildman–Crippen MR) is 143 cm³/mol. The van der Waals surface area contributed by atoms with Gasteiger partial charge in [0.05, 0.1) is 22.5 Å². The maximum Gasteiger partial charge on any atom is 0.211 e. The molecule has 1 N–H and O–H groups in total. The van der Waals surface area contributed by atoms with Gasteiger partial charge in [0.25, 0.3) is 0 Å². The summed E-state index contributed by atoms with van der Waals surface area (Å²) in [6.45, 7) is 1.23. The molecule has 5 rings (SSSR count). The van der Waals surface area contributed by atoms with Crippen molar-refractivity contribution in [1.82, 2.24) is 19.3 Å². The number of aromatic nitrogens is 3. The Morgan fingerprint density at radius 3 is 2.62 bits per heavy atom. The molecule has 0 spiro atoms. The normalized spacial score (nSPS) is 15.0. The van der Waals surface area contributed by atoms with Crippen LogP contribution in [0.1, 0.15) is 18.5 Å². The highest BCUT2D eigenvalue weighted by molar-refractivity contribution is 7.88. The standard InChI is InChI=1S/C26H26ClN5O4S/c1-37(33,34)32-12-9-20(10-13-32)36-21-6-7-24-22(15-21)26(30-17-29-24)31-18-5-8-25(23(27)14-18)35-16-19-4-2-3-11-28-19/h2-8,11,14-15,17,20H,9-10,12-13,16H2,1H3,(H,29,30,31). The number of rotatable bonds is 8. The van der Waals surface area contributed by atoms with E-state index >= 15 is 0 Å². The minimum atomic E-state index is -3.18. The van der Waals surface area contributed by atoms with Crippen molar-refractivity contribution >= 4 is 44.0 Å². The van der Waals surface area contributed by atoms with Gasteiger partial charge in [0.1, 0.15) is 36.4 Å². The number of nitrogens with zero attached hydrogens (tertiary/aromatic N) is 4. The fourth-order valence-electron chi connectivity index (χ4n) is 4.15. The highest BCUT2D eigenvalue weighted by atomic mass is 35.5. The smallest absolute Gasteiger partial charge is 0.211 e. The van der Waals surface area contributed by atoms with Crippen molar-refractivity contribution in [2.24, 2.45) is 0 Å². The lowest BCUT2D eigenvalue weighted by molar-refractivity contribution is 0.135. The van der Waals surface area contributed by atoms with Gasteiger partial charge in [0.15, 0.2) is 0 Å². The topological polar surface area (TPSA) is 107 Å². The molecule has 4 aromatic rings. The van der Waals surface area contributed by atoms with Crippen LogP contribution in [0.3, 0.4) is 0 Å². The molecule has 0 unspecified atom stereocenters. The number of nitrogens with one attached hydrogen (secondary N) is 1. The van der Waals surface area contributed by atoms with E-state index in [2.05, 4.69) is 20.3 Å². The fraction of sp³-hybridized carbons (Fsp3) is 0.269. The molecule has 0 saturated carbocycles. The summed E-state index contributed by atoms with van der Waals surface area (Å²) in [4.78, 5) is 13.0. The van der Waals surface area contributed by atoms with Crippen LogP contribution >= 0.6 is 11.6 Å². The summed E-state index contributed by atoms with van der Waals surface area (Å²) in [5.74, 6) is 1.85. The number of hydrogen-bond donors (Lipinski definition) is 1. The minimum absolute atomic E-state index is 0.0612. The van der Waals surface area contributed by atoms with Crippen LogP contribution in [0.4, 0.5) is 11.5 Å². The average molecular weight is 540 g/mol. The zero-order valence-corrected chi connectivity index (χ0v) is 21.7. The van der Waals surface area contributed by atoms with Crippen molar-refractivity contribution < 1.29 is 17.9 Å². The summed E-state index contributed by atoms with van der Waals surface area (Å²) >= 11 is 6.47. The molecule has 11 heteroatoms. The summed E-state index contributed by atoms with van der Waals surface area (Å²) in [6.07, 6.45) is 5.66. The van der Waals surface area contributed by atoms with Gasteiger partial charge in [0, 0.05) is 30.4 Å². The van der Waals surface area contributed by atoms with Gasteiger partial charge in [-0.25, -0.2) is 22.7 Å². The van der Waals surface area contributed by atoms with Crippen LogP contribution in [-0.4, -0.2) is 53.1 Å². The van der Waals surface area contributed by atoms with E-state index in [1.807, 2.05) is 42.5 Å². The highest BCUT2D eigenvalue weighted by Crippen LogP contribution is 2.32. The maximum absolute atomic E-state index is 11.8. The third-order valence-electron chi connectivity index (χ3n) is 6.08. The lowest BCUT2D eigenvalue weighted by atomic mass is 10.1. The zero-order chi connectivity index (χ0) is 25.8. The van der Waals surface area contributed by atoms with Crippen LogP contribution in [0.5, 0.6) is 11.5 Å². The Bertz CT molecular complexity index is 1500. The molecule has 37 heavy (non-hydrogen) atoms. The van der Waals surface area contributed by atoms with E-state index < -0.39 is 10.0 Å². The Hall–Kier alpha value is -3.47. The van der Waals surface area contributed by atoms with Gasteiger partial charge >= 0.3 is 0 Å². The Balaban J connectivity index is 1.28. The monoisotopic (exact) mass is 539 g/mol. The van der Waals surface area contributed by atoms with E-state index in [0.29, 0.717) is 54.9 Å². The second-order valence-electron chi connectivity index (χ2n) is 8.76. The van der Waals surface area contributed by atoms with Gasteiger partial charge in [-0.2, -0.15) is 0 Å². The van der Waals surface area contributed by atoms with Gasteiger partial charge in [-0.3, -0.25) is 4.98 Å². The Morgan fingerprint density at radius 2 is 1.89 bits per heavy atom. The molecule has 2 aromatic carbocycles. The van der Waals surface area contributed by atoms with Crippen molar-refractivity contribution in [2.45, 2.75) is 25.6 Å². The van der Waals surface area contributed by atoms with Crippen LogP contribution in [0, 0.1) is 0 Å². The number of piperidine rings is 1. The van der Waals surface area contributed by atoms with Crippen molar-refractivity contribution in [1.29, 1.82) is 0 Å². The van der Waals surface area contributed by atoms with Crippen molar-refractivity contribution in [2.75, 3.05) is 24.7 Å². The predicted octanol–water partition coefficient (Wildman–Crippen LogP) is 4.80. The van der Waals surface area contributed by atoms with Crippen LogP contribution in [0.25, 0.3) is 10.9 Å². The van der Waals surface area contributed by atoms with E-state index in [4.69, 9.17) is 21.1 Å². The second kappa shape index (κ2) is 10.9. The largest absolute Gasteiger partial charge is 0.490 e. The third kappa shape index (κ3) is 6.27. The number of anilines is 2. The third-order valence-corrected chi connectivity index (χ3v) is 7.67. The molecule has 0 amide bonds. The van der Waals surface area contributed by atoms with Gasteiger partial charge < -0.3 is 14.8 Å². The number of fused-ring (bicyclic) bond motifs is 1. The van der Waals surface area contributed by atoms with Gasteiger partial charge in [-0.15, -0.1) is 0 Å². The first-order valence-electron chi connectivity index (χ1n) is 11.8.